The second-order valence-electron chi connectivity index (χ2n) is 7.90. The normalized spacial score (nSPS) is 12.4. The van der Waals surface area contributed by atoms with Crippen LogP contribution in [0.3, 0.4) is 0 Å². The number of amides is 1. The molecule has 1 atom stereocenters. The molecule has 0 aliphatic carbocycles. The van der Waals surface area contributed by atoms with Crippen molar-refractivity contribution < 1.29 is 13.2 Å². The van der Waals surface area contributed by atoms with Crippen molar-refractivity contribution in [2.45, 2.75) is 30.8 Å². The zero-order valence-corrected chi connectivity index (χ0v) is 19.0. The van der Waals surface area contributed by atoms with Crippen molar-refractivity contribution in [1.29, 1.82) is 0 Å². The average molecular weight is 460 g/mol. The zero-order valence-electron chi connectivity index (χ0n) is 18.2. The Balaban J connectivity index is 1.59. The lowest BCUT2D eigenvalue weighted by molar-refractivity contribution is -0.122. The highest BCUT2D eigenvalue weighted by Gasteiger charge is 2.27. The van der Waals surface area contributed by atoms with E-state index >= 15 is 0 Å². The number of nitrogens with one attached hydrogen (secondary N) is 2. The number of aryl methyl sites for hydroxylation is 1. The Labute approximate surface area is 193 Å². The van der Waals surface area contributed by atoms with Gasteiger partial charge in [0, 0.05) is 18.1 Å². The molecule has 0 saturated carbocycles. The molecule has 4 rings (SSSR count). The molecule has 1 heterocycles. The summed E-state index contributed by atoms with van der Waals surface area (Å²) in [5, 5.41) is 3.58. The van der Waals surface area contributed by atoms with E-state index < -0.39 is 22.0 Å². The first-order chi connectivity index (χ1) is 15.9. The molecule has 1 aromatic heterocycles. The van der Waals surface area contributed by atoms with Crippen LogP contribution in [0.5, 0.6) is 0 Å². The number of rotatable bonds is 8. The number of carbonyl (C=O) groups excluding carboxylic acids is 1. The van der Waals surface area contributed by atoms with Crippen LogP contribution in [0.25, 0.3) is 10.9 Å². The van der Waals surface area contributed by atoms with Crippen molar-refractivity contribution in [3.8, 4) is 0 Å². The Hall–Kier alpha value is -3.55. The van der Waals surface area contributed by atoms with Gasteiger partial charge in [-0.3, -0.25) is 9.78 Å². The molecule has 7 heteroatoms. The zero-order chi connectivity index (χ0) is 23.3. The quantitative estimate of drug-likeness (QED) is 0.420. The molecule has 1 amide bonds. The molecule has 3 aromatic carbocycles. The van der Waals surface area contributed by atoms with E-state index in [-0.39, 0.29) is 11.3 Å². The van der Waals surface area contributed by atoms with Crippen LogP contribution in [0.15, 0.2) is 96.0 Å². The van der Waals surface area contributed by atoms with Crippen LogP contribution in [0.1, 0.15) is 16.7 Å². The highest BCUT2D eigenvalue weighted by molar-refractivity contribution is 7.89. The molecular weight excluding hydrogens is 434 g/mol. The van der Waals surface area contributed by atoms with E-state index in [1.54, 1.807) is 30.5 Å². The van der Waals surface area contributed by atoms with Gasteiger partial charge in [0.25, 0.3) is 0 Å². The molecule has 6 nitrogen and oxygen atoms in total. The number of pyridine rings is 1. The fourth-order valence-corrected chi connectivity index (χ4v) is 4.97. The molecule has 0 saturated heterocycles. The van der Waals surface area contributed by atoms with Crippen molar-refractivity contribution >= 4 is 26.8 Å². The first-order valence-electron chi connectivity index (χ1n) is 10.7. The fourth-order valence-electron chi connectivity index (χ4n) is 3.60. The molecule has 0 aliphatic heterocycles. The predicted molar refractivity (Wildman–Crippen MR) is 129 cm³/mol. The van der Waals surface area contributed by atoms with E-state index in [1.807, 2.05) is 61.5 Å². The molecule has 168 valence electrons. The molecule has 2 N–H and O–H groups in total. The van der Waals surface area contributed by atoms with Gasteiger partial charge in [-0.2, -0.15) is 4.72 Å². The van der Waals surface area contributed by atoms with Crippen LogP contribution in [0.4, 0.5) is 0 Å². The largest absolute Gasteiger partial charge is 0.351 e. The summed E-state index contributed by atoms with van der Waals surface area (Å²) in [5.74, 6) is -0.392. The van der Waals surface area contributed by atoms with Crippen LogP contribution < -0.4 is 10.0 Å². The standard InChI is InChI=1S/C26H25N3O3S/c1-19-12-14-21(15-13-19)18-28-26(30)23(17-20-7-3-2-4-8-20)29-33(31,32)24-11-5-9-22-10-6-16-27-25(22)24/h2-16,23,29H,17-18H2,1H3,(H,28,30)/t23-/m1/s1. The highest BCUT2D eigenvalue weighted by atomic mass is 32.2. The summed E-state index contributed by atoms with van der Waals surface area (Å²) in [4.78, 5) is 17.4. The first kappa shape index (κ1) is 22.6. The van der Waals surface area contributed by atoms with Gasteiger partial charge in [-0.15, -0.1) is 0 Å². The maximum Gasteiger partial charge on any atom is 0.243 e. The van der Waals surface area contributed by atoms with Crippen molar-refractivity contribution in [2.24, 2.45) is 0 Å². The molecule has 0 unspecified atom stereocenters. The number of hydrogen-bond donors (Lipinski definition) is 2. The van der Waals surface area contributed by atoms with E-state index in [0.717, 1.165) is 16.7 Å². The van der Waals surface area contributed by atoms with Gasteiger partial charge in [0.15, 0.2) is 0 Å². The third kappa shape index (κ3) is 5.63. The number of aromatic nitrogens is 1. The Bertz CT molecular complexity index is 1350. The van der Waals surface area contributed by atoms with Gasteiger partial charge in [-0.1, -0.05) is 78.4 Å². The lowest BCUT2D eigenvalue weighted by Crippen LogP contribution is -2.47. The molecule has 0 aliphatic rings. The lowest BCUT2D eigenvalue weighted by atomic mass is 10.1. The third-order valence-electron chi connectivity index (χ3n) is 5.37. The van der Waals surface area contributed by atoms with E-state index in [0.29, 0.717) is 17.4 Å². The molecule has 0 bridgehead atoms. The molecular formula is C26H25N3O3S. The van der Waals surface area contributed by atoms with E-state index in [2.05, 4.69) is 15.0 Å². The van der Waals surface area contributed by atoms with Gasteiger partial charge in [-0.25, -0.2) is 8.42 Å². The SMILES string of the molecule is Cc1ccc(CNC(=O)[C@@H](Cc2ccccc2)NS(=O)(=O)c2cccc3cccnc23)cc1. The summed E-state index contributed by atoms with van der Waals surface area (Å²) < 4.78 is 29.3. The molecule has 0 fully saturated rings. The maximum atomic E-state index is 13.3. The minimum absolute atomic E-state index is 0.0463. The smallest absolute Gasteiger partial charge is 0.243 e. The highest BCUT2D eigenvalue weighted by Crippen LogP contribution is 2.21. The molecule has 0 spiro atoms. The van der Waals surface area contributed by atoms with Gasteiger partial charge >= 0.3 is 0 Å². The number of nitrogens with zero attached hydrogens (tertiary/aromatic N) is 1. The van der Waals surface area contributed by atoms with Crippen molar-refractivity contribution in [3.05, 3.63) is 108 Å². The van der Waals surface area contributed by atoms with E-state index in [4.69, 9.17) is 0 Å². The second-order valence-corrected chi connectivity index (χ2v) is 9.58. The van der Waals surface area contributed by atoms with Crippen molar-refractivity contribution in [3.63, 3.8) is 0 Å². The fraction of sp³-hybridized carbons (Fsp3) is 0.154. The topological polar surface area (TPSA) is 88.2 Å². The van der Waals surface area contributed by atoms with Crippen LogP contribution in [0, 0.1) is 6.92 Å². The van der Waals surface area contributed by atoms with Crippen LogP contribution in [0.2, 0.25) is 0 Å². The lowest BCUT2D eigenvalue weighted by Gasteiger charge is -2.19. The minimum atomic E-state index is -4.01. The summed E-state index contributed by atoms with van der Waals surface area (Å²) in [6, 6.07) is 24.7. The summed E-state index contributed by atoms with van der Waals surface area (Å²) in [6.45, 7) is 2.30. The van der Waals surface area contributed by atoms with Crippen LogP contribution in [-0.2, 0) is 27.8 Å². The van der Waals surface area contributed by atoms with E-state index in [9.17, 15) is 13.2 Å². The summed E-state index contributed by atoms with van der Waals surface area (Å²) >= 11 is 0. The summed E-state index contributed by atoms with van der Waals surface area (Å²) in [7, 11) is -4.01. The minimum Gasteiger partial charge on any atom is -0.351 e. The average Bonchev–Trinajstić information content (AvgIpc) is 2.83. The number of fused-ring (bicyclic) bond motifs is 1. The van der Waals surface area contributed by atoms with Crippen LogP contribution >= 0.6 is 0 Å². The number of hydrogen-bond acceptors (Lipinski definition) is 4. The molecule has 0 radical (unpaired) electrons. The van der Waals surface area contributed by atoms with Crippen molar-refractivity contribution in [2.75, 3.05) is 0 Å². The van der Waals surface area contributed by atoms with Gasteiger partial charge in [0.05, 0.1) is 5.52 Å². The Morgan fingerprint density at radius 2 is 1.61 bits per heavy atom. The van der Waals surface area contributed by atoms with Gasteiger partial charge < -0.3 is 5.32 Å². The monoisotopic (exact) mass is 459 g/mol. The van der Waals surface area contributed by atoms with Gasteiger partial charge in [0.2, 0.25) is 15.9 Å². The number of para-hydroxylation sites is 1. The second kappa shape index (κ2) is 9.94. The van der Waals surface area contributed by atoms with Gasteiger partial charge in [-0.05, 0) is 36.6 Å². The maximum absolute atomic E-state index is 13.3. The Kier molecular flexibility index (Phi) is 6.82. The summed E-state index contributed by atoms with van der Waals surface area (Å²) in [6.07, 6.45) is 1.77. The van der Waals surface area contributed by atoms with Crippen molar-refractivity contribution in [1.82, 2.24) is 15.0 Å². The number of benzene rings is 3. The molecule has 4 aromatic rings. The summed E-state index contributed by atoms with van der Waals surface area (Å²) in [5.41, 5.74) is 3.29. The van der Waals surface area contributed by atoms with Gasteiger partial charge in [0.1, 0.15) is 10.9 Å². The third-order valence-corrected chi connectivity index (χ3v) is 6.87. The Morgan fingerprint density at radius 3 is 2.36 bits per heavy atom. The number of sulfonamides is 1. The molecule has 33 heavy (non-hydrogen) atoms. The first-order valence-corrected chi connectivity index (χ1v) is 12.1. The van der Waals surface area contributed by atoms with Crippen LogP contribution in [-0.4, -0.2) is 25.4 Å². The van der Waals surface area contributed by atoms with E-state index in [1.165, 1.54) is 6.07 Å². The Morgan fingerprint density at radius 1 is 0.879 bits per heavy atom. The predicted octanol–water partition coefficient (Wildman–Crippen LogP) is 3.75. The number of carbonyl (C=O) groups is 1.